The predicted octanol–water partition coefficient (Wildman–Crippen LogP) is 4.28. The minimum atomic E-state index is -0.917. The Balaban J connectivity index is 1.41. The van der Waals surface area contributed by atoms with Crippen molar-refractivity contribution in [3.05, 3.63) is 59.2 Å². The van der Waals surface area contributed by atoms with Crippen LogP contribution in [0.15, 0.2) is 36.4 Å². The van der Waals surface area contributed by atoms with E-state index >= 15 is 0 Å². The van der Waals surface area contributed by atoms with Crippen molar-refractivity contribution in [2.45, 2.75) is 51.9 Å². The first-order valence-electron chi connectivity index (χ1n) is 10.1. The number of rotatable bonds is 9. The first kappa shape index (κ1) is 20.8. The lowest BCUT2D eigenvalue weighted by molar-refractivity contribution is 0.264. The van der Waals surface area contributed by atoms with E-state index in [0.717, 1.165) is 32.2 Å². The minimum Gasteiger partial charge on any atom is -0.490 e. The summed E-state index contributed by atoms with van der Waals surface area (Å²) >= 11 is 0. The first-order valence-corrected chi connectivity index (χ1v) is 10.1. The number of benzene rings is 2. The normalized spacial score (nSPS) is 14.2. The molecule has 0 fully saturated rings. The molecule has 3 rings (SSSR count). The van der Waals surface area contributed by atoms with Crippen molar-refractivity contribution in [1.82, 2.24) is 5.32 Å². The van der Waals surface area contributed by atoms with Crippen LogP contribution in [0.5, 0.6) is 5.75 Å². The molecule has 0 amide bonds. The summed E-state index contributed by atoms with van der Waals surface area (Å²) < 4.78 is 32.9. The highest BCUT2D eigenvalue weighted by Gasteiger charge is 2.27. The van der Waals surface area contributed by atoms with Crippen LogP contribution in [0.3, 0.4) is 0 Å². The fraction of sp³-hybridized carbons (Fsp3) is 0.478. The Labute approximate surface area is 167 Å². The Morgan fingerprint density at radius 3 is 2.46 bits per heavy atom. The summed E-state index contributed by atoms with van der Waals surface area (Å²) in [5.41, 5.74) is 3.61. The summed E-state index contributed by atoms with van der Waals surface area (Å²) in [7, 11) is 1.72. The zero-order valence-corrected chi connectivity index (χ0v) is 17.0. The number of nitrogens with one attached hydrogen (secondary N) is 1. The maximum Gasteiger partial charge on any atom is 0.200 e. The molecule has 0 saturated heterocycles. The topological polar surface area (TPSA) is 21.3 Å². The second-order valence-corrected chi connectivity index (χ2v) is 8.36. The average Bonchev–Trinajstić information content (AvgIpc) is 3.05. The Morgan fingerprint density at radius 2 is 1.82 bits per heavy atom. The van der Waals surface area contributed by atoms with Crippen LogP contribution in [0, 0.1) is 17.6 Å². The zero-order valence-electron chi connectivity index (χ0n) is 17.0. The van der Waals surface area contributed by atoms with Crippen molar-refractivity contribution in [2.24, 2.45) is 5.92 Å². The van der Waals surface area contributed by atoms with Crippen LogP contribution >= 0.6 is 0 Å². The van der Waals surface area contributed by atoms with Crippen LogP contribution in [-0.4, -0.2) is 26.0 Å². The fourth-order valence-electron chi connectivity index (χ4n) is 4.12. The summed E-state index contributed by atoms with van der Waals surface area (Å²) in [5, 5.41) is 3.59. The van der Waals surface area contributed by atoms with Crippen LogP contribution in [-0.2, 0) is 12.8 Å². The molecule has 0 spiro atoms. The molecule has 0 atom stereocenters. The number of fused-ring (bicyclic) bond motifs is 1. The predicted molar refractivity (Wildman–Crippen MR) is 112 cm³/mol. The van der Waals surface area contributed by atoms with Gasteiger partial charge in [0.15, 0.2) is 11.6 Å². The SMILES string of the molecule is C[B]c1cc(F)c(F)c(OCCCNC(C)(C)CC2Cc3ccccc3C2)c1. The molecule has 0 saturated carbocycles. The lowest BCUT2D eigenvalue weighted by Crippen LogP contribution is -2.42. The number of hydrogen-bond donors (Lipinski definition) is 1. The Kier molecular flexibility index (Phi) is 6.76. The molecule has 0 heterocycles. The highest BCUT2D eigenvalue weighted by atomic mass is 19.2. The van der Waals surface area contributed by atoms with Gasteiger partial charge in [-0.25, -0.2) is 4.39 Å². The van der Waals surface area contributed by atoms with Crippen molar-refractivity contribution in [3.63, 3.8) is 0 Å². The molecular weight excluding hydrogens is 355 g/mol. The molecule has 2 aromatic carbocycles. The van der Waals surface area contributed by atoms with Gasteiger partial charge in [-0.2, -0.15) is 4.39 Å². The molecule has 0 aromatic heterocycles. The average molecular weight is 384 g/mol. The van der Waals surface area contributed by atoms with E-state index in [-0.39, 0.29) is 11.3 Å². The molecule has 2 aromatic rings. The van der Waals surface area contributed by atoms with Gasteiger partial charge in [-0.3, -0.25) is 0 Å². The molecule has 0 aliphatic heterocycles. The minimum absolute atomic E-state index is 0.0175. The largest absolute Gasteiger partial charge is 0.490 e. The van der Waals surface area contributed by atoms with Gasteiger partial charge in [-0.1, -0.05) is 36.6 Å². The van der Waals surface area contributed by atoms with Crippen LogP contribution in [0.4, 0.5) is 8.78 Å². The smallest absolute Gasteiger partial charge is 0.200 e. The third-order valence-electron chi connectivity index (χ3n) is 5.47. The molecule has 149 valence electrons. The van der Waals surface area contributed by atoms with Crippen molar-refractivity contribution in [3.8, 4) is 5.75 Å². The van der Waals surface area contributed by atoms with E-state index < -0.39 is 11.6 Å². The molecule has 1 radical (unpaired) electrons. The Hall–Kier alpha value is -1.88. The van der Waals surface area contributed by atoms with Gasteiger partial charge in [0.05, 0.1) is 6.61 Å². The van der Waals surface area contributed by atoms with Crippen molar-refractivity contribution >= 4 is 12.7 Å². The van der Waals surface area contributed by atoms with Crippen molar-refractivity contribution in [2.75, 3.05) is 13.2 Å². The third-order valence-corrected chi connectivity index (χ3v) is 5.47. The van der Waals surface area contributed by atoms with Crippen LogP contribution in [0.2, 0.25) is 6.82 Å². The Morgan fingerprint density at radius 1 is 1.14 bits per heavy atom. The maximum atomic E-state index is 13.8. The lowest BCUT2D eigenvalue weighted by Gasteiger charge is -2.29. The van der Waals surface area contributed by atoms with E-state index in [1.807, 2.05) is 0 Å². The van der Waals surface area contributed by atoms with Crippen molar-refractivity contribution in [1.29, 1.82) is 0 Å². The van der Waals surface area contributed by atoms with Crippen LogP contribution < -0.4 is 15.5 Å². The van der Waals surface area contributed by atoms with Gasteiger partial charge < -0.3 is 10.1 Å². The summed E-state index contributed by atoms with van der Waals surface area (Å²) in [5.74, 6) is -1.14. The van der Waals surface area contributed by atoms with Gasteiger partial charge in [0, 0.05) is 5.54 Å². The molecule has 2 nitrogen and oxygen atoms in total. The second kappa shape index (κ2) is 9.08. The summed E-state index contributed by atoms with van der Waals surface area (Å²) in [6.07, 6.45) is 4.15. The first-order chi connectivity index (χ1) is 13.4. The van der Waals surface area contributed by atoms with E-state index in [2.05, 4.69) is 43.4 Å². The quantitative estimate of drug-likeness (QED) is 0.515. The second-order valence-electron chi connectivity index (χ2n) is 8.36. The van der Waals surface area contributed by atoms with Gasteiger partial charge in [-0.15, -0.1) is 0 Å². The van der Waals surface area contributed by atoms with Crippen LogP contribution in [0.1, 0.15) is 37.8 Å². The zero-order chi connectivity index (χ0) is 20.1. The molecule has 0 bridgehead atoms. The molecule has 1 aliphatic carbocycles. The number of halogens is 2. The molecule has 5 heteroatoms. The molecular formula is C23H29BF2NO. The molecule has 1 N–H and O–H groups in total. The molecule has 1 aliphatic rings. The summed E-state index contributed by atoms with van der Waals surface area (Å²) in [4.78, 5) is 0. The lowest BCUT2D eigenvalue weighted by atomic mass is 9.73. The monoisotopic (exact) mass is 384 g/mol. The van der Waals surface area contributed by atoms with Gasteiger partial charge in [0.2, 0.25) is 5.82 Å². The van der Waals surface area contributed by atoms with E-state index in [9.17, 15) is 8.78 Å². The molecule has 28 heavy (non-hydrogen) atoms. The van der Waals surface area contributed by atoms with Gasteiger partial charge in [0.25, 0.3) is 0 Å². The highest BCUT2D eigenvalue weighted by Crippen LogP contribution is 2.31. The number of hydrogen-bond acceptors (Lipinski definition) is 2. The summed E-state index contributed by atoms with van der Waals surface area (Å²) in [6.45, 7) is 7.36. The maximum absolute atomic E-state index is 13.8. The van der Waals surface area contributed by atoms with E-state index in [0.29, 0.717) is 18.0 Å². The molecule has 0 unspecified atom stereocenters. The third kappa shape index (κ3) is 5.35. The van der Waals surface area contributed by atoms with E-state index in [1.54, 1.807) is 14.1 Å². The fourth-order valence-corrected chi connectivity index (χ4v) is 4.12. The van der Waals surface area contributed by atoms with E-state index in [4.69, 9.17) is 4.74 Å². The number of ether oxygens (including phenoxy) is 1. The standard InChI is InChI=1S/C23H29BF2NO/c1-23(2,15-16-11-17-7-4-5-8-18(17)12-16)27-9-6-10-28-21-14-19(24-3)13-20(25)22(21)26/h4-5,7-8,13-14,16,27H,6,9-12,15H2,1-3H3. The van der Waals surface area contributed by atoms with Gasteiger partial charge in [-0.05, 0) is 75.3 Å². The van der Waals surface area contributed by atoms with Crippen molar-refractivity contribution < 1.29 is 13.5 Å². The van der Waals surface area contributed by atoms with Crippen LogP contribution in [0.25, 0.3) is 0 Å². The highest BCUT2D eigenvalue weighted by molar-refractivity contribution is 6.51. The Bertz CT molecular complexity index is 784. The summed E-state index contributed by atoms with van der Waals surface area (Å²) in [6, 6.07) is 11.4. The van der Waals surface area contributed by atoms with E-state index in [1.165, 1.54) is 23.3 Å². The van der Waals surface area contributed by atoms with Gasteiger partial charge >= 0.3 is 0 Å². The van der Waals surface area contributed by atoms with Gasteiger partial charge in [0.1, 0.15) is 7.28 Å².